The van der Waals surface area contributed by atoms with Crippen LogP contribution in [-0.4, -0.2) is 76.4 Å². The smallest absolute Gasteiger partial charge is 0.416 e. The molecule has 2 aromatic heterocycles. The highest BCUT2D eigenvalue weighted by Crippen LogP contribution is 2.34. The number of aromatic amines is 1. The molecule has 1 fully saturated rings. The molecule has 214 valence electrons. The van der Waals surface area contributed by atoms with Gasteiger partial charge in [0.1, 0.15) is 11.5 Å². The van der Waals surface area contributed by atoms with Gasteiger partial charge in [-0.25, -0.2) is 4.98 Å². The lowest BCUT2D eigenvalue weighted by Crippen LogP contribution is -2.44. The molecule has 9 nitrogen and oxygen atoms in total. The fourth-order valence-electron chi connectivity index (χ4n) is 4.12. The second kappa shape index (κ2) is 13.3. The van der Waals surface area contributed by atoms with Gasteiger partial charge in [0, 0.05) is 62.4 Å². The fourth-order valence-corrected chi connectivity index (χ4v) is 4.12. The number of aromatic nitrogens is 3. The number of carbonyl (C=O) groups is 1. The van der Waals surface area contributed by atoms with Crippen LogP contribution in [-0.2, 0) is 17.5 Å². The van der Waals surface area contributed by atoms with Crippen LogP contribution < -0.4 is 5.32 Å². The Morgan fingerprint density at radius 2 is 1.95 bits per heavy atom. The van der Waals surface area contributed by atoms with E-state index in [9.17, 15) is 18.0 Å². The molecule has 0 atom stereocenters. The zero-order valence-electron chi connectivity index (χ0n) is 22.7. The first-order valence-electron chi connectivity index (χ1n) is 12.9. The predicted octanol–water partition coefficient (Wildman–Crippen LogP) is 4.25. The third-order valence-corrected chi connectivity index (χ3v) is 6.29. The second-order valence-electron chi connectivity index (χ2n) is 9.43. The van der Waals surface area contributed by atoms with E-state index in [2.05, 4.69) is 37.0 Å². The average Bonchev–Trinajstić information content (AvgIpc) is 3.40. The summed E-state index contributed by atoms with van der Waals surface area (Å²) < 4.78 is 46.7. The summed E-state index contributed by atoms with van der Waals surface area (Å²) in [5.41, 5.74) is 0.519. The standard InChI is InChI=1S/C29H30F3N7O2/c1-3-41-26(33)8-9-27-35-18-24(36-27)6-4-20-14-22(17-34-16-20)28(40)37-23-7-5-21(25(15-23)29(30,31)32)19-39-12-10-38(2)11-13-39/h5,7-9,14-18,33H,3,10-13,19H2,1-2H3,(H,35,36)(H,37,40)/b9-8-,33-26?. The maximum absolute atomic E-state index is 13.9. The molecule has 0 spiro atoms. The minimum atomic E-state index is -4.56. The molecule has 1 aliphatic heterocycles. The number of nitrogens with zero attached hydrogens (tertiary/aromatic N) is 4. The molecule has 1 aliphatic rings. The number of carbonyl (C=O) groups excluding carboxylic acids is 1. The van der Waals surface area contributed by atoms with Crippen LogP contribution in [0.25, 0.3) is 6.08 Å². The largest absolute Gasteiger partial charge is 0.478 e. The summed E-state index contributed by atoms with van der Waals surface area (Å²) in [5, 5.41) is 10.1. The third-order valence-electron chi connectivity index (χ3n) is 6.29. The summed E-state index contributed by atoms with van der Waals surface area (Å²) in [7, 11) is 1.99. The number of ether oxygens (including phenoxy) is 1. The Bertz CT molecular complexity index is 1480. The van der Waals surface area contributed by atoms with Crippen molar-refractivity contribution in [3.63, 3.8) is 0 Å². The van der Waals surface area contributed by atoms with Gasteiger partial charge in [0.25, 0.3) is 5.91 Å². The molecule has 3 aromatic rings. The molecule has 1 amide bonds. The maximum Gasteiger partial charge on any atom is 0.416 e. The molecule has 3 heterocycles. The van der Waals surface area contributed by atoms with Crippen molar-refractivity contribution in [2.75, 3.05) is 45.2 Å². The zero-order valence-corrected chi connectivity index (χ0v) is 22.7. The summed E-state index contributed by atoms with van der Waals surface area (Å²) in [6.07, 6.45) is 2.79. The van der Waals surface area contributed by atoms with Gasteiger partial charge in [-0.1, -0.05) is 12.0 Å². The highest BCUT2D eigenvalue weighted by Gasteiger charge is 2.34. The zero-order chi connectivity index (χ0) is 29.4. The van der Waals surface area contributed by atoms with Crippen LogP contribution in [0.2, 0.25) is 0 Å². The van der Waals surface area contributed by atoms with E-state index in [4.69, 9.17) is 10.1 Å². The number of hydrogen-bond donors (Lipinski definition) is 3. The Balaban J connectivity index is 1.44. The number of H-pyrrole nitrogens is 1. The van der Waals surface area contributed by atoms with Crippen molar-refractivity contribution < 1.29 is 22.7 Å². The first-order valence-corrected chi connectivity index (χ1v) is 12.9. The van der Waals surface area contributed by atoms with Gasteiger partial charge in [0.15, 0.2) is 0 Å². The number of halogens is 3. The van der Waals surface area contributed by atoms with E-state index in [-0.39, 0.29) is 29.3 Å². The molecule has 41 heavy (non-hydrogen) atoms. The molecule has 3 N–H and O–H groups in total. The van der Waals surface area contributed by atoms with Gasteiger partial charge in [-0.2, -0.15) is 13.2 Å². The fraction of sp³-hybridized carbons (Fsp3) is 0.310. The van der Waals surface area contributed by atoms with Gasteiger partial charge >= 0.3 is 6.18 Å². The van der Waals surface area contributed by atoms with Gasteiger partial charge in [0.2, 0.25) is 5.90 Å². The number of hydrogen-bond acceptors (Lipinski definition) is 7. The lowest BCUT2D eigenvalue weighted by molar-refractivity contribution is -0.138. The highest BCUT2D eigenvalue weighted by atomic mass is 19.4. The van der Waals surface area contributed by atoms with Crippen LogP contribution in [0.4, 0.5) is 18.9 Å². The molecule has 0 bridgehead atoms. The normalized spacial score (nSPS) is 14.5. The van der Waals surface area contributed by atoms with E-state index in [0.717, 1.165) is 19.2 Å². The molecular weight excluding hydrogens is 535 g/mol. The number of rotatable bonds is 7. The Morgan fingerprint density at radius 1 is 1.17 bits per heavy atom. The van der Waals surface area contributed by atoms with E-state index in [0.29, 0.717) is 36.8 Å². The van der Waals surface area contributed by atoms with Crippen LogP contribution in [0.15, 0.2) is 48.9 Å². The first-order chi connectivity index (χ1) is 19.6. The van der Waals surface area contributed by atoms with E-state index in [1.54, 1.807) is 13.0 Å². The summed E-state index contributed by atoms with van der Waals surface area (Å²) in [6.45, 7) is 5.35. The summed E-state index contributed by atoms with van der Waals surface area (Å²) in [5.74, 6) is 5.66. The van der Waals surface area contributed by atoms with Crippen molar-refractivity contribution >= 4 is 23.6 Å². The first kappa shape index (κ1) is 29.5. The number of imidazole rings is 1. The molecule has 1 aromatic carbocycles. The Labute approximate surface area is 235 Å². The van der Waals surface area contributed by atoms with Crippen LogP contribution >= 0.6 is 0 Å². The van der Waals surface area contributed by atoms with Gasteiger partial charge < -0.3 is 19.9 Å². The molecule has 0 unspecified atom stereocenters. The monoisotopic (exact) mass is 565 g/mol. The Hall–Kier alpha value is -4.47. The second-order valence-corrected chi connectivity index (χ2v) is 9.43. The minimum Gasteiger partial charge on any atom is -0.478 e. The average molecular weight is 566 g/mol. The quantitative estimate of drug-likeness (QED) is 0.225. The Kier molecular flexibility index (Phi) is 9.54. The number of benzene rings is 1. The Morgan fingerprint density at radius 3 is 2.68 bits per heavy atom. The topological polar surface area (TPSA) is 110 Å². The number of pyridine rings is 1. The minimum absolute atomic E-state index is 0.00827. The molecule has 4 rings (SSSR count). The van der Waals surface area contributed by atoms with Crippen molar-refractivity contribution in [2.24, 2.45) is 0 Å². The molecule has 12 heteroatoms. The number of anilines is 1. The third kappa shape index (κ3) is 8.51. The van der Waals surface area contributed by atoms with E-state index in [1.807, 2.05) is 11.9 Å². The molecular formula is C29H30F3N7O2. The van der Waals surface area contributed by atoms with Crippen molar-refractivity contribution in [1.29, 1.82) is 5.41 Å². The number of piperazine rings is 1. The summed E-state index contributed by atoms with van der Waals surface area (Å²) in [4.78, 5) is 28.2. The number of amides is 1. The highest BCUT2D eigenvalue weighted by molar-refractivity contribution is 6.04. The molecule has 0 aliphatic carbocycles. The van der Waals surface area contributed by atoms with Crippen LogP contribution in [0.5, 0.6) is 0 Å². The van der Waals surface area contributed by atoms with Gasteiger partial charge in [-0.3, -0.25) is 20.1 Å². The van der Waals surface area contributed by atoms with Crippen LogP contribution in [0.1, 0.15) is 45.5 Å². The lowest BCUT2D eigenvalue weighted by atomic mass is 10.0. The molecule has 0 saturated carbocycles. The predicted molar refractivity (Wildman–Crippen MR) is 149 cm³/mol. The van der Waals surface area contributed by atoms with Crippen LogP contribution in [0, 0.1) is 17.3 Å². The van der Waals surface area contributed by atoms with E-state index < -0.39 is 17.6 Å². The van der Waals surface area contributed by atoms with E-state index >= 15 is 0 Å². The number of alkyl halides is 3. The molecule has 1 saturated heterocycles. The number of nitrogens with one attached hydrogen (secondary N) is 3. The van der Waals surface area contributed by atoms with E-state index in [1.165, 1.54) is 42.9 Å². The van der Waals surface area contributed by atoms with Crippen molar-refractivity contribution in [3.05, 3.63) is 82.7 Å². The summed E-state index contributed by atoms with van der Waals surface area (Å²) in [6, 6.07) is 5.38. The SMILES string of the molecule is CCOC(=N)/C=C\c1ncc(C#Cc2cncc(C(=O)Nc3ccc(CN4CCN(C)CC4)c(C(F)(F)F)c3)c2)[nH]1. The van der Waals surface area contributed by atoms with Crippen LogP contribution in [0.3, 0.4) is 0 Å². The molecule has 0 radical (unpaired) electrons. The van der Waals surface area contributed by atoms with Gasteiger partial charge in [-0.15, -0.1) is 0 Å². The maximum atomic E-state index is 13.9. The van der Waals surface area contributed by atoms with Crippen molar-refractivity contribution in [3.8, 4) is 11.8 Å². The van der Waals surface area contributed by atoms with Gasteiger partial charge in [0.05, 0.1) is 23.9 Å². The van der Waals surface area contributed by atoms with Crippen molar-refractivity contribution in [2.45, 2.75) is 19.6 Å². The number of likely N-dealkylation sites (N-methyl/N-ethyl adjacent to an activating group) is 1. The van der Waals surface area contributed by atoms with Crippen molar-refractivity contribution in [1.82, 2.24) is 24.8 Å². The van der Waals surface area contributed by atoms with Gasteiger partial charge in [-0.05, 0) is 49.7 Å². The lowest BCUT2D eigenvalue weighted by Gasteiger charge is -2.33. The summed E-state index contributed by atoms with van der Waals surface area (Å²) >= 11 is 0.